The van der Waals surface area contributed by atoms with Gasteiger partial charge in [-0.1, -0.05) is 18.3 Å². The fraction of sp³-hybridized carbons (Fsp3) is 0.515. The number of halogens is 6. The van der Waals surface area contributed by atoms with Crippen LogP contribution in [0, 0.1) is 11.6 Å². The minimum absolute atomic E-state index is 0.00449. The molecule has 6 heterocycles. The Morgan fingerprint density at radius 3 is 2.57 bits per heavy atom. The molecule has 49 heavy (non-hydrogen) atoms. The van der Waals surface area contributed by atoms with E-state index in [0.717, 1.165) is 36.0 Å². The summed E-state index contributed by atoms with van der Waals surface area (Å²) in [4.78, 5) is 31.4. The molecule has 0 saturated carbocycles. The van der Waals surface area contributed by atoms with Crippen LogP contribution in [0.3, 0.4) is 0 Å². The number of piperazine rings is 1. The number of benzene rings is 2. The van der Waals surface area contributed by atoms with Crippen LogP contribution in [-0.4, -0.2) is 87.2 Å². The van der Waals surface area contributed by atoms with E-state index >= 15 is 4.39 Å². The van der Waals surface area contributed by atoms with Crippen molar-refractivity contribution in [1.82, 2.24) is 24.8 Å². The number of fused-ring (bicyclic) bond motifs is 5. The van der Waals surface area contributed by atoms with Crippen molar-refractivity contribution in [2.45, 2.75) is 75.4 Å². The number of hydrogen-bond donors (Lipinski definition) is 1. The van der Waals surface area contributed by atoms with Crippen LogP contribution >= 0.6 is 11.3 Å². The van der Waals surface area contributed by atoms with Crippen molar-refractivity contribution < 1.29 is 35.9 Å². The van der Waals surface area contributed by atoms with Gasteiger partial charge in [-0.15, -0.1) is 0 Å². The molecule has 4 aromatic rings. The van der Waals surface area contributed by atoms with E-state index < -0.39 is 46.2 Å². The molecule has 2 aromatic carbocycles. The molecule has 9 nitrogen and oxygen atoms in total. The van der Waals surface area contributed by atoms with E-state index in [1.165, 1.54) is 0 Å². The van der Waals surface area contributed by atoms with E-state index in [4.69, 9.17) is 10.5 Å². The van der Waals surface area contributed by atoms with Crippen molar-refractivity contribution in [1.29, 1.82) is 0 Å². The van der Waals surface area contributed by atoms with Crippen LogP contribution in [0.1, 0.15) is 51.0 Å². The molecule has 260 valence electrons. The van der Waals surface area contributed by atoms with Gasteiger partial charge in [0.15, 0.2) is 10.9 Å². The third-order valence-electron chi connectivity index (χ3n) is 10.6. The van der Waals surface area contributed by atoms with Crippen molar-refractivity contribution in [3.8, 4) is 17.1 Å². The number of nitrogens with zero attached hydrogens (tertiary/aromatic N) is 6. The van der Waals surface area contributed by atoms with Crippen LogP contribution in [0.25, 0.3) is 32.2 Å². The van der Waals surface area contributed by atoms with Crippen molar-refractivity contribution in [3.05, 3.63) is 35.4 Å². The quantitative estimate of drug-likeness (QED) is 0.233. The van der Waals surface area contributed by atoms with Crippen LogP contribution in [0.4, 0.5) is 37.3 Å². The van der Waals surface area contributed by atoms with Crippen LogP contribution in [-0.2, 0) is 11.0 Å². The highest BCUT2D eigenvalue weighted by molar-refractivity contribution is 7.22. The fourth-order valence-corrected chi connectivity index (χ4v) is 9.25. The van der Waals surface area contributed by atoms with Crippen molar-refractivity contribution in [2.24, 2.45) is 0 Å². The first-order chi connectivity index (χ1) is 23.4. The molecular formula is C33H33F6N7O2S. The van der Waals surface area contributed by atoms with Gasteiger partial charge in [0.2, 0.25) is 5.91 Å². The number of nitrogen functional groups attached to an aromatic ring is 1. The van der Waals surface area contributed by atoms with Gasteiger partial charge in [-0.25, -0.2) is 18.2 Å². The minimum Gasteiger partial charge on any atom is -0.461 e. The molecule has 4 aliphatic rings. The summed E-state index contributed by atoms with van der Waals surface area (Å²) in [5, 5.41) is -0.272. The van der Waals surface area contributed by atoms with Crippen molar-refractivity contribution in [2.75, 3.05) is 43.4 Å². The maximum absolute atomic E-state index is 17.0. The first-order valence-corrected chi connectivity index (χ1v) is 17.2. The lowest BCUT2D eigenvalue weighted by atomic mass is 9.94. The molecule has 2 N–H and O–H groups in total. The zero-order valence-corrected chi connectivity index (χ0v) is 27.3. The lowest BCUT2D eigenvalue weighted by Crippen LogP contribution is -2.56. The Hall–Kier alpha value is -3.92. The Morgan fingerprint density at radius 2 is 1.86 bits per heavy atom. The Labute approximate surface area is 281 Å². The van der Waals surface area contributed by atoms with Gasteiger partial charge in [0.1, 0.15) is 29.9 Å². The summed E-state index contributed by atoms with van der Waals surface area (Å²) in [5.74, 6) is -2.00. The third-order valence-corrected chi connectivity index (χ3v) is 11.5. The Balaban J connectivity index is 1.30. The van der Waals surface area contributed by atoms with Crippen LogP contribution < -0.4 is 15.4 Å². The highest BCUT2D eigenvalue weighted by Gasteiger charge is 2.50. The van der Waals surface area contributed by atoms with Gasteiger partial charge >= 0.3 is 12.2 Å². The molecule has 0 radical (unpaired) electrons. The van der Waals surface area contributed by atoms with Crippen molar-refractivity contribution >= 4 is 49.3 Å². The van der Waals surface area contributed by atoms with Gasteiger partial charge in [0.05, 0.1) is 21.3 Å². The van der Waals surface area contributed by atoms with E-state index in [1.807, 2.05) is 9.80 Å². The second-order valence-corrected chi connectivity index (χ2v) is 14.5. The minimum atomic E-state index is -5.04. The second-order valence-electron chi connectivity index (χ2n) is 13.5. The Morgan fingerprint density at radius 1 is 1.10 bits per heavy atom. The molecule has 4 fully saturated rings. The lowest BCUT2D eigenvalue weighted by molar-refractivity contribution is -0.137. The molecule has 4 atom stereocenters. The predicted octanol–water partition coefficient (Wildman–Crippen LogP) is 6.33. The SMILES string of the molecule is CCC(=O)N1C2CCC1CN(c1nc(OCC34CCCN3CC(F)C4)nc3c(F)c(-c4ccc(F)c5sc(N)nc45)c(C(F)(F)F)cc13)C2. The number of hydrogen-bond acceptors (Lipinski definition) is 9. The Bertz CT molecular complexity index is 1980. The number of thiazole rings is 1. The summed E-state index contributed by atoms with van der Waals surface area (Å²) < 4.78 is 96.9. The molecule has 2 bridgehead atoms. The van der Waals surface area contributed by atoms with Crippen LogP contribution in [0.2, 0.25) is 0 Å². The monoisotopic (exact) mass is 705 g/mol. The number of amides is 1. The summed E-state index contributed by atoms with van der Waals surface area (Å²) in [5.41, 5.74) is 2.16. The number of rotatable bonds is 6. The standard InChI is InChI=1S/C33H33F6N7O2S/c1-2-23(47)46-17-4-5-18(46)14-44(13-17)29-20-10-21(33(37,38)39)24(19-6-7-22(35)28-27(19)41-30(40)49-28)25(36)26(20)42-31(43-29)48-15-32-8-3-9-45(32)12-16(34)11-32/h6-7,10,16-18H,2-5,8-9,11-15H2,1H3,(H2,40,41). The van der Waals surface area contributed by atoms with Crippen LogP contribution in [0.15, 0.2) is 18.2 Å². The predicted molar refractivity (Wildman–Crippen MR) is 172 cm³/mol. The lowest BCUT2D eigenvalue weighted by Gasteiger charge is -2.42. The fourth-order valence-electron chi connectivity index (χ4n) is 8.49. The van der Waals surface area contributed by atoms with E-state index in [0.29, 0.717) is 32.2 Å². The molecule has 2 aromatic heterocycles. The van der Waals surface area contributed by atoms with E-state index in [9.17, 15) is 26.7 Å². The molecule has 1 amide bonds. The van der Waals surface area contributed by atoms with Gasteiger partial charge < -0.3 is 20.3 Å². The molecular weight excluding hydrogens is 672 g/mol. The van der Waals surface area contributed by atoms with Gasteiger partial charge in [-0.3, -0.25) is 9.69 Å². The third kappa shape index (κ3) is 5.24. The average molecular weight is 706 g/mol. The zero-order chi connectivity index (χ0) is 34.4. The summed E-state index contributed by atoms with van der Waals surface area (Å²) in [6.07, 6.45) is -2.51. The molecule has 0 spiro atoms. The van der Waals surface area contributed by atoms with Gasteiger partial charge in [0, 0.05) is 61.1 Å². The number of carbonyl (C=O) groups is 1. The summed E-state index contributed by atoms with van der Waals surface area (Å²) in [6, 6.07) is 2.19. The topological polar surface area (TPSA) is 101 Å². The number of carbonyl (C=O) groups excluding carboxylic acids is 1. The number of ether oxygens (including phenoxy) is 1. The molecule has 16 heteroatoms. The van der Waals surface area contributed by atoms with Crippen molar-refractivity contribution in [3.63, 3.8) is 0 Å². The average Bonchev–Trinajstić information content (AvgIpc) is 3.79. The maximum Gasteiger partial charge on any atom is 0.417 e. The second kappa shape index (κ2) is 11.6. The van der Waals surface area contributed by atoms with E-state index in [1.54, 1.807) is 11.8 Å². The number of aromatic nitrogens is 3. The first-order valence-electron chi connectivity index (χ1n) is 16.4. The number of alkyl halides is 4. The van der Waals surface area contributed by atoms with Crippen LogP contribution in [0.5, 0.6) is 6.01 Å². The summed E-state index contributed by atoms with van der Waals surface area (Å²) in [6.45, 7) is 3.34. The molecule has 8 rings (SSSR count). The number of nitrogens with two attached hydrogens (primary N) is 1. The Kier molecular flexibility index (Phi) is 7.63. The highest BCUT2D eigenvalue weighted by Crippen LogP contribution is 2.47. The van der Waals surface area contributed by atoms with E-state index in [2.05, 4.69) is 15.0 Å². The molecule has 0 aliphatic carbocycles. The van der Waals surface area contributed by atoms with E-state index in [-0.39, 0.29) is 88.8 Å². The molecule has 4 aliphatic heterocycles. The molecule has 4 unspecified atom stereocenters. The van der Waals surface area contributed by atoms with Gasteiger partial charge in [-0.05, 0) is 50.4 Å². The number of anilines is 2. The summed E-state index contributed by atoms with van der Waals surface area (Å²) >= 11 is 0.747. The maximum atomic E-state index is 17.0. The zero-order valence-electron chi connectivity index (χ0n) is 26.5. The first kappa shape index (κ1) is 32.3. The normalized spacial score (nSPS) is 25.6. The van der Waals surface area contributed by atoms with Gasteiger partial charge in [-0.2, -0.15) is 23.1 Å². The smallest absolute Gasteiger partial charge is 0.417 e. The summed E-state index contributed by atoms with van der Waals surface area (Å²) in [7, 11) is 0. The highest BCUT2D eigenvalue weighted by atomic mass is 32.1. The molecule has 4 saturated heterocycles. The largest absolute Gasteiger partial charge is 0.461 e. The van der Waals surface area contributed by atoms with Gasteiger partial charge in [0.25, 0.3) is 0 Å².